The Morgan fingerprint density at radius 3 is 2.51 bits per heavy atom. The standard InChI is InChI=1S/C26H23F2N3O4S2/c1-15-7-5-9-17(27)23(15)37(33,34)31-18-10-6-8-16(21(18)28)20-22(19-11-14-29-25(30-19)36-2)35-26(24(20)32)12-3-4-13-26/h5-11,14,31H,3-4,12-13H2,1-2H3. The molecule has 0 radical (unpaired) electrons. The number of hydrogen-bond donors (Lipinski definition) is 1. The highest BCUT2D eigenvalue weighted by molar-refractivity contribution is 7.98. The summed E-state index contributed by atoms with van der Waals surface area (Å²) in [7, 11) is -4.47. The Bertz CT molecular complexity index is 1530. The highest BCUT2D eigenvalue weighted by Crippen LogP contribution is 2.49. The van der Waals surface area contributed by atoms with Crippen molar-refractivity contribution in [2.24, 2.45) is 0 Å². The van der Waals surface area contributed by atoms with Crippen molar-refractivity contribution in [3.63, 3.8) is 0 Å². The van der Waals surface area contributed by atoms with Crippen LogP contribution in [0.5, 0.6) is 0 Å². The molecule has 11 heteroatoms. The lowest BCUT2D eigenvalue weighted by Crippen LogP contribution is -2.33. The maximum atomic E-state index is 16.0. The minimum Gasteiger partial charge on any atom is -0.476 e. The number of halogens is 2. The van der Waals surface area contributed by atoms with Crippen molar-refractivity contribution < 1.29 is 26.7 Å². The Morgan fingerprint density at radius 1 is 1.08 bits per heavy atom. The van der Waals surface area contributed by atoms with E-state index < -0.39 is 37.8 Å². The summed E-state index contributed by atoms with van der Waals surface area (Å²) in [5.74, 6) is -2.16. The van der Waals surface area contributed by atoms with Gasteiger partial charge in [0.15, 0.2) is 22.3 Å². The molecule has 1 aliphatic carbocycles. The molecule has 37 heavy (non-hydrogen) atoms. The number of carbonyl (C=O) groups excluding carboxylic acids is 1. The molecule has 2 aromatic carbocycles. The van der Waals surface area contributed by atoms with Crippen LogP contribution in [-0.2, 0) is 19.6 Å². The molecule has 0 amide bonds. The molecule has 1 aliphatic heterocycles. The van der Waals surface area contributed by atoms with E-state index in [0.29, 0.717) is 23.7 Å². The van der Waals surface area contributed by atoms with Gasteiger partial charge in [-0.05, 0) is 62.6 Å². The smallest absolute Gasteiger partial charge is 0.265 e. The molecular formula is C26H23F2N3O4S2. The number of Topliss-reactive ketones (excluding diaryl/α,β-unsaturated/α-hetero) is 1. The van der Waals surface area contributed by atoms with Crippen molar-refractivity contribution in [2.45, 2.75) is 48.3 Å². The molecule has 2 aliphatic rings. The lowest BCUT2D eigenvalue weighted by atomic mass is 9.89. The number of hydrogen-bond acceptors (Lipinski definition) is 7. The number of ketones is 1. The van der Waals surface area contributed by atoms with E-state index in [9.17, 15) is 17.6 Å². The van der Waals surface area contributed by atoms with E-state index in [1.54, 1.807) is 12.3 Å². The fourth-order valence-corrected chi connectivity index (χ4v) is 6.57. The van der Waals surface area contributed by atoms with Crippen molar-refractivity contribution in [1.29, 1.82) is 0 Å². The number of thioether (sulfide) groups is 1. The van der Waals surface area contributed by atoms with Gasteiger partial charge in [-0.1, -0.05) is 36.0 Å². The van der Waals surface area contributed by atoms with Crippen LogP contribution in [0.4, 0.5) is 14.5 Å². The van der Waals surface area contributed by atoms with Crippen LogP contribution in [0, 0.1) is 18.6 Å². The Hall–Kier alpha value is -3.31. The number of anilines is 1. The van der Waals surface area contributed by atoms with Crippen molar-refractivity contribution in [1.82, 2.24) is 9.97 Å². The zero-order valence-electron chi connectivity index (χ0n) is 20.0. The number of carbonyl (C=O) groups is 1. The quantitative estimate of drug-likeness (QED) is 0.330. The van der Waals surface area contributed by atoms with E-state index in [2.05, 4.69) is 14.7 Å². The SMILES string of the molecule is CSc1nccc(C2=C(c3cccc(NS(=O)(=O)c4c(C)cccc4F)c3F)C(=O)C3(CCCC3)O2)n1. The van der Waals surface area contributed by atoms with Crippen LogP contribution in [0.2, 0.25) is 0 Å². The molecule has 1 fully saturated rings. The van der Waals surface area contributed by atoms with Gasteiger partial charge in [-0.25, -0.2) is 27.2 Å². The van der Waals surface area contributed by atoms with E-state index in [1.165, 1.54) is 55.2 Å². The molecule has 1 aromatic heterocycles. The fraction of sp³-hybridized carbons (Fsp3) is 0.269. The molecule has 0 saturated heterocycles. The minimum absolute atomic E-state index is 0.00623. The first-order chi connectivity index (χ1) is 17.7. The molecular weight excluding hydrogens is 520 g/mol. The lowest BCUT2D eigenvalue weighted by molar-refractivity contribution is -0.127. The molecule has 0 unspecified atom stereocenters. The predicted octanol–water partition coefficient (Wildman–Crippen LogP) is 5.37. The average molecular weight is 544 g/mol. The second-order valence-electron chi connectivity index (χ2n) is 8.92. The molecule has 1 saturated carbocycles. The maximum absolute atomic E-state index is 16.0. The van der Waals surface area contributed by atoms with Gasteiger partial charge in [-0.15, -0.1) is 0 Å². The number of sulfonamides is 1. The van der Waals surface area contributed by atoms with Crippen LogP contribution < -0.4 is 4.72 Å². The van der Waals surface area contributed by atoms with Gasteiger partial charge in [0, 0.05) is 11.8 Å². The average Bonchev–Trinajstić information content (AvgIpc) is 3.45. The third-order valence-corrected chi connectivity index (χ3v) is 8.68. The Labute approximate surface area is 217 Å². The number of aryl methyl sites for hydroxylation is 1. The van der Waals surface area contributed by atoms with E-state index in [1.807, 2.05) is 0 Å². The summed E-state index contributed by atoms with van der Waals surface area (Å²) in [6.07, 6.45) is 5.89. The predicted molar refractivity (Wildman–Crippen MR) is 136 cm³/mol. The van der Waals surface area contributed by atoms with Crippen molar-refractivity contribution >= 4 is 44.6 Å². The maximum Gasteiger partial charge on any atom is 0.265 e. The first-order valence-electron chi connectivity index (χ1n) is 11.6. The van der Waals surface area contributed by atoms with Gasteiger partial charge in [0.1, 0.15) is 16.4 Å². The van der Waals surface area contributed by atoms with Gasteiger partial charge in [0.25, 0.3) is 10.0 Å². The number of benzene rings is 2. The van der Waals surface area contributed by atoms with Crippen LogP contribution in [0.3, 0.4) is 0 Å². The third-order valence-electron chi connectivity index (χ3n) is 6.57. The van der Waals surface area contributed by atoms with Crippen molar-refractivity contribution in [3.05, 3.63) is 77.1 Å². The van der Waals surface area contributed by atoms with E-state index in [0.717, 1.165) is 18.9 Å². The normalized spacial score (nSPS) is 16.9. The summed E-state index contributed by atoms with van der Waals surface area (Å²) in [5, 5.41) is 0.454. The Balaban J connectivity index is 1.63. The summed E-state index contributed by atoms with van der Waals surface area (Å²) < 4.78 is 64.8. The summed E-state index contributed by atoms with van der Waals surface area (Å²) >= 11 is 1.31. The first-order valence-corrected chi connectivity index (χ1v) is 14.3. The fourth-order valence-electron chi connectivity index (χ4n) is 4.85. The number of rotatable bonds is 6. The van der Waals surface area contributed by atoms with Crippen molar-refractivity contribution in [2.75, 3.05) is 11.0 Å². The largest absolute Gasteiger partial charge is 0.476 e. The molecule has 0 atom stereocenters. The van der Waals surface area contributed by atoms with E-state index in [-0.39, 0.29) is 28.2 Å². The van der Waals surface area contributed by atoms with Crippen LogP contribution >= 0.6 is 11.8 Å². The molecule has 1 N–H and O–H groups in total. The van der Waals surface area contributed by atoms with E-state index >= 15 is 4.39 Å². The minimum atomic E-state index is -4.47. The molecule has 1 spiro atoms. The van der Waals surface area contributed by atoms with Crippen LogP contribution in [-0.4, -0.2) is 36.0 Å². The zero-order valence-corrected chi connectivity index (χ0v) is 21.7. The zero-order chi connectivity index (χ0) is 26.4. The second-order valence-corrected chi connectivity index (χ2v) is 11.3. The third kappa shape index (κ3) is 4.40. The van der Waals surface area contributed by atoms with Gasteiger partial charge >= 0.3 is 0 Å². The van der Waals surface area contributed by atoms with Gasteiger partial charge < -0.3 is 4.74 Å². The first kappa shape index (κ1) is 25.3. The lowest BCUT2D eigenvalue weighted by Gasteiger charge is -2.22. The molecule has 3 aromatic rings. The summed E-state index contributed by atoms with van der Waals surface area (Å²) in [4.78, 5) is 21.8. The van der Waals surface area contributed by atoms with Gasteiger partial charge in [0.2, 0.25) is 5.78 Å². The Kier molecular flexibility index (Phi) is 6.53. The van der Waals surface area contributed by atoms with E-state index in [4.69, 9.17) is 4.74 Å². The van der Waals surface area contributed by atoms with Crippen LogP contribution in [0.25, 0.3) is 11.3 Å². The number of nitrogens with zero attached hydrogens (tertiary/aromatic N) is 2. The van der Waals surface area contributed by atoms with Crippen LogP contribution in [0.1, 0.15) is 42.5 Å². The van der Waals surface area contributed by atoms with Gasteiger partial charge in [-0.2, -0.15) is 0 Å². The summed E-state index contributed by atoms with van der Waals surface area (Å²) in [5.41, 5.74) is -1.16. The molecule has 192 valence electrons. The molecule has 7 nitrogen and oxygen atoms in total. The highest BCUT2D eigenvalue weighted by atomic mass is 32.2. The summed E-state index contributed by atoms with van der Waals surface area (Å²) in [6, 6.07) is 9.47. The number of ether oxygens (including phenoxy) is 1. The molecule has 5 rings (SSSR count). The molecule has 0 bridgehead atoms. The van der Waals surface area contributed by atoms with Gasteiger partial charge in [-0.3, -0.25) is 9.52 Å². The van der Waals surface area contributed by atoms with Crippen LogP contribution in [0.15, 0.2) is 58.7 Å². The molecule has 2 heterocycles. The number of nitrogens with one attached hydrogen (secondary N) is 1. The topological polar surface area (TPSA) is 98.2 Å². The summed E-state index contributed by atoms with van der Waals surface area (Å²) in [6.45, 7) is 1.45. The highest BCUT2D eigenvalue weighted by Gasteiger charge is 2.52. The van der Waals surface area contributed by atoms with Crippen molar-refractivity contribution in [3.8, 4) is 0 Å². The Morgan fingerprint density at radius 2 is 1.81 bits per heavy atom. The second kappa shape index (κ2) is 9.53. The van der Waals surface area contributed by atoms with Gasteiger partial charge in [0.05, 0.1) is 11.3 Å². The number of aromatic nitrogens is 2. The monoisotopic (exact) mass is 543 g/mol.